The Labute approximate surface area is 100 Å². The van der Waals surface area contributed by atoms with Gasteiger partial charge < -0.3 is 5.32 Å². The molecule has 2 unspecified atom stereocenters. The molecule has 0 saturated carbocycles. The molecule has 1 saturated heterocycles. The van der Waals surface area contributed by atoms with Gasteiger partial charge in [-0.05, 0) is 24.5 Å². The molecule has 0 radical (unpaired) electrons. The Morgan fingerprint density at radius 1 is 1.56 bits per heavy atom. The Morgan fingerprint density at radius 2 is 2.38 bits per heavy atom. The summed E-state index contributed by atoms with van der Waals surface area (Å²) >= 11 is 2.02. The lowest BCUT2D eigenvalue weighted by molar-refractivity contribution is 0.230. The van der Waals surface area contributed by atoms with Gasteiger partial charge in [0.1, 0.15) is 0 Å². The summed E-state index contributed by atoms with van der Waals surface area (Å²) in [5, 5.41) is 17.7. The molecule has 0 amide bonds. The van der Waals surface area contributed by atoms with E-state index in [1.807, 2.05) is 11.8 Å². The molecule has 0 aliphatic carbocycles. The fraction of sp³-hybridized carbons (Fsp3) is 0.900. The van der Waals surface area contributed by atoms with Crippen LogP contribution in [0.2, 0.25) is 0 Å². The minimum Gasteiger partial charge on any atom is -0.303 e. The van der Waals surface area contributed by atoms with Crippen molar-refractivity contribution in [3.63, 3.8) is 0 Å². The molecule has 2 heterocycles. The van der Waals surface area contributed by atoms with Gasteiger partial charge in [-0.25, -0.2) is 0 Å². The maximum Gasteiger partial charge on any atom is 0.191 e. The van der Waals surface area contributed by atoms with Crippen LogP contribution >= 0.6 is 11.8 Å². The van der Waals surface area contributed by atoms with Gasteiger partial charge in [0.2, 0.25) is 0 Å². The van der Waals surface area contributed by atoms with Crippen molar-refractivity contribution in [1.29, 1.82) is 0 Å². The zero-order chi connectivity index (χ0) is 11.6. The third-order valence-electron chi connectivity index (χ3n) is 3.32. The maximum absolute atomic E-state index is 4.01. The van der Waals surface area contributed by atoms with Crippen LogP contribution in [0, 0.1) is 5.41 Å². The van der Waals surface area contributed by atoms with E-state index in [-0.39, 0.29) is 6.04 Å². The van der Waals surface area contributed by atoms with E-state index in [0.717, 1.165) is 11.6 Å². The van der Waals surface area contributed by atoms with Crippen LogP contribution < -0.4 is 5.32 Å². The van der Waals surface area contributed by atoms with Crippen LogP contribution in [-0.2, 0) is 0 Å². The summed E-state index contributed by atoms with van der Waals surface area (Å²) in [6, 6.07) is 0.668. The van der Waals surface area contributed by atoms with Gasteiger partial charge in [-0.1, -0.05) is 19.1 Å². The summed E-state index contributed by atoms with van der Waals surface area (Å²) in [6.07, 6.45) is 1.26. The molecule has 1 aromatic heterocycles. The van der Waals surface area contributed by atoms with Gasteiger partial charge in [-0.3, -0.25) is 0 Å². The smallest absolute Gasteiger partial charge is 0.191 e. The number of nitrogens with zero attached hydrogens (tertiary/aromatic N) is 3. The Hall–Kier alpha value is -0.620. The highest BCUT2D eigenvalue weighted by molar-refractivity contribution is 7.99. The van der Waals surface area contributed by atoms with E-state index in [0.29, 0.717) is 11.5 Å². The first kappa shape index (κ1) is 11.9. The molecule has 5 nitrogen and oxygen atoms in total. The van der Waals surface area contributed by atoms with Gasteiger partial charge in [0, 0.05) is 11.8 Å². The molecule has 1 aliphatic heterocycles. The molecule has 6 heteroatoms. The SMILES string of the molecule is CC(NC1CSCCC1(C)C)c1nn[nH]n1. The van der Waals surface area contributed by atoms with Crippen molar-refractivity contribution in [2.75, 3.05) is 11.5 Å². The predicted molar refractivity (Wildman–Crippen MR) is 65.2 cm³/mol. The molecule has 2 N–H and O–H groups in total. The van der Waals surface area contributed by atoms with Crippen LogP contribution in [-0.4, -0.2) is 38.2 Å². The quantitative estimate of drug-likeness (QED) is 0.837. The van der Waals surface area contributed by atoms with Crippen molar-refractivity contribution in [2.24, 2.45) is 5.41 Å². The third-order valence-corrected chi connectivity index (χ3v) is 4.38. The van der Waals surface area contributed by atoms with Crippen LogP contribution in [0.4, 0.5) is 0 Å². The molecule has 1 fully saturated rings. The zero-order valence-corrected chi connectivity index (χ0v) is 10.8. The molecular formula is C10H19N5S. The molecule has 16 heavy (non-hydrogen) atoms. The van der Waals surface area contributed by atoms with Gasteiger partial charge in [0.05, 0.1) is 6.04 Å². The van der Waals surface area contributed by atoms with Crippen molar-refractivity contribution >= 4 is 11.8 Å². The molecule has 0 spiro atoms. The minimum atomic E-state index is 0.154. The van der Waals surface area contributed by atoms with Crippen LogP contribution in [0.25, 0.3) is 0 Å². The van der Waals surface area contributed by atoms with E-state index >= 15 is 0 Å². The van der Waals surface area contributed by atoms with Gasteiger partial charge in [0.15, 0.2) is 5.82 Å². The van der Waals surface area contributed by atoms with Crippen molar-refractivity contribution in [3.05, 3.63) is 5.82 Å². The second kappa shape index (κ2) is 4.71. The Morgan fingerprint density at radius 3 is 3.00 bits per heavy atom. The van der Waals surface area contributed by atoms with Crippen molar-refractivity contribution in [2.45, 2.75) is 39.3 Å². The highest BCUT2D eigenvalue weighted by atomic mass is 32.2. The lowest BCUT2D eigenvalue weighted by Gasteiger charge is -2.39. The zero-order valence-electron chi connectivity index (χ0n) is 10.0. The highest BCUT2D eigenvalue weighted by Gasteiger charge is 2.33. The van der Waals surface area contributed by atoms with E-state index in [4.69, 9.17) is 0 Å². The normalized spacial score (nSPS) is 26.6. The molecule has 2 atom stereocenters. The second-order valence-electron chi connectivity index (χ2n) is 5.02. The molecule has 0 bridgehead atoms. The fourth-order valence-corrected chi connectivity index (χ4v) is 3.56. The fourth-order valence-electron chi connectivity index (χ4n) is 1.94. The molecule has 2 rings (SSSR count). The summed E-state index contributed by atoms with van der Waals surface area (Å²) in [4.78, 5) is 0. The van der Waals surface area contributed by atoms with Crippen molar-refractivity contribution in [1.82, 2.24) is 25.9 Å². The Balaban J connectivity index is 1.98. The first-order chi connectivity index (χ1) is 7.59. The number of tetrazole rings is 1. The van der Waals surface area contributed by atoms with Crippen LogP contribution in [0.15, 0.2) is 0 Å². The number of nitrogens with one attached hydrogen (secondary N) is 2. The lowest BCUT2D eigenvalue weighted by Crippen LogP contribution is -2.47. The predicted octanol–water partition coefficient (Wildman–Crippen LogP) is 1.38. The molecule has 1 aliphatic rings. The highest BCUT2D eigenvalue weighted by Crippen LogP contribution is 2.35. The number of rotatable bonds is 3. The Kier molecular flexibility index (Phi) is 3.49. The largest absolute Gasteiger partial charge is 0.303 e. The summed E-state index contributed by atoms with van der Waals surface area (Å²) < 4.78 is 0. The standard InChI is InChI=1S/C10H19N5S/c1-7(9-12-14-15-13-9)11-8-6-16-5-4-10(8,2)3/h7-8,11H,4-6H2,1-3H3,(H,12,13,14,15). The number of hydrogen-bond acceptors (Lipinski definition) is 5. The lowest BCUT2D eigenvalue weighted by atomic mass is 9.82. The van der Waals surface area contributed by atoms with Gasteiger partial charge in [-0.15, -0.1) is 10.2 Å². The van der Waals surface area contributed by atoms with Gasteiger partial charge >= 0.3 is 0 Å². The summed E-state index contributed by atoms with van der Waals surface area (Å²) in [5.74, 6) is 3.17. The van der Waals surface area contributed by atoms with Crippen LogP contribution in [0.5, 0.6) is 0 Å². The minimum absolute atomic E-state index is 0.154. The summed E-state index contributed by atoms with van der Waals surface area (Å²) in [5.41, 5.74) is 0.350. The molecule has 0 aromatic carbocycles. The van der Waals surface area contributed by atoms with Crippen molar-refractivity contribution < 1.29 is 0 Å². The average molecular weight is 241 g/mol. The summed E-state index contributed by atoms with van der Waals surface area (Å²) in [6.45, 7) is 6.74. The average Bonchev–Trinajstić information content (AvgIpc) is 2.74. The Bertz CT molecular complexity index is 324. The topological polar surface area (TPSA) is 66.5 Å². The number of aromatic nitrogens is 4. The van der Waals surface area contributed by atoms with E-state index < -0.39 is 0 Å². The first-order valence-electron chi connectivity index (χ1n) is 5.67. The first-order valence-corrected chi connectivity index (χ1v) is 6.82. The molecular weight excluding hydrogens is 222 g/mol. The van der Waals surface area contributed by atoms with Crippen molar-refractivity contribution in [3.8, 4) is 0 Å². The van der Waals surface area contributed by atoms with Gasteiger partial charge in [-0.2, -0.15) is 17.0 Å². The van der Waals surface area contributed by atoms with Gasteiger partial charge in [0.25, 0.3) is 0 Å². The van der Waals surface area contributed by atoms with E-state index in [1.165, 1.54) is 12.2 Å². The number of H-pyrrole nitrogens is 1. The number of aromatic amines is 1. The second-order valence-corrected chi connectivity index (χ2v) is 6.17. The van der Waals surface area contributed by atoms with Crippen LogP contribution in [0.3, 0.4) is 0 Å². The van der Waals surface area contributed by atoms with Crippen LogP contribution in [0.1, 0.15) is 39.1 Å². The maximum atomic E-state index is 4.01. The van der Waals surface area contributed by atoms with E-state index in [2.05, 4.69) is 46.7 Å². The molecule has 1 aromatic rings. The van der Waals surface area contributed by atoms with E-state index in [1.54, 1.807) is 0 Å². The molecule has 90 valence electrons. The summed E-state index contributed by atoms with van der Waals surface area (Å²) in [7, 11) is 0. The number of thioether (sulfide) groups is 1. The third kappa shape index (κ3) is 2.55. The monoisotopic (exact) mass is 241 g/mol. The number of hydrogen-bond donors (Lipinski definition) is 2. The van der Waals surface area contributed by atoms with E-state index in [9.17, 15) is 0 Å².